The van der Waals surface area contributed by atoms with E-state index in [1.54, 1.807) is 26.4 Å². The van der Waals surface area contributed by atoms with E-state index in [0.29, 0.717) is 28.6 Å². The number of hydrogen-bond donors (Lipinski definition) is 1. The zero-order chi connectivity index (χ0) is 13.0. The van der Waals surface area contributed by atoms with Crippen LogP contribution < -0.4 is 4.74 Å². The first-order valence-corrected chi connectivity index (χ1v) is 5.59. The van der Waals surface area contributed by atoms with E-state index in [-0.39, 0.29) is 0 Å². The van der Waals surface area contributed by atoms with E-state index in [1.807, 2.05) is 0 Å². The number of aromatic amines is 1. The van der Waals surface area contributed by atoms with Crippen LogP contribution in [0, 0.1) is 4.64 Å². The maximum atomic E-state index is 5.10. The third kappa shape index (κ3) is 2.88. The predicted molar refractivity (Wildman–Crippen MR) is 67.7 cm³/mol. The third-order valence-electron chi connectivity index (χ3n) is 2.19. The van der Waals surface area contributed by atoms with E-state index in [1.165, 1.54) is 6.33 Å². The van der Waals surface area contributed by atoms with E-state index in [4.69, 9.17) is 21.7 Å². The summed E-state index contributed by atoms with van der Waals surface area (Å²) in [6.45, 7) is 0.432. The molecule has 0 fully saturated rings. The number of rotatable bonds is 4. The van der Waals surface area contributed by atoms with Gasteiger partial charge in [-0.2, -0.15) is 0 Å². The zero-order valence-corrected chi connectivity index (χ0v) is 10.8. The summed E-state index contributed by atoms with van der Waals surface area (Å²) in [6, 6.07) is 3.44. The van der Waals surface area contributed by atoms with Crippen molar-refractivity contribution < 1.29 is 9.47 Å². The van der Waals surface area contributed by atoms with Gasteiger partial charge in [-0.25, -0.2) is 15.0 Å². The molecule has 0 aliphatic rings. The van der Waals surface area contributed by atoms with Crippen molar-refractivity contribution in [1.82, 2.24) is 19.9 Å². The number of aromatic nitrogens is 4. The molecule has 6 nitrogen and oxygen atoms in total. The molecule has 0 saturated heterocycles. The number of nitrogens with one attached hydrogen (secondary N) is 1. The Labute approximate surface area is 109 Å². The van der Waals surface area contributed by atoms with E-state index < -0.39 is 0 Å². The van der Waals surface area contributed by atoms with Gasteiger partial charge in [-0.3, -0.25) is 0 Å². The summed E-state index contributed by atoms with van der Waals surface area (Å²) >= 11 is 5.10. The summed E-state index contributed by atoms with van der Waals surface area (Å²) in [5.74, 6) is 1.04. The van der Waals surface area contributed by atoms with Gasteiger partial charge in [0.15, 0.2) is 5.82 Å². The number of ether oxygens (including phenoxy) is 2. The molecule has 0 spiro atoms. The zero-order valence-electron chi connectivity index (χ0n) is 10.0. The smallest absolute Gasteiger partial charge is 0.216 e. The van der Waals surface area contributed by atoms with Crippen molar-refractivity contribution >= 4 is 12.2 Å². The Balaban J connectivity index is 2.45. The van der Waals surface area contributed by atoms with Gasteiger partial charge in [0.1, 0.15) is 16.7 Å². The molecule has 0 aliphatic carbocycles. The van der Waals surface area contributed by atoms with Gasteiger partial charge in [0.2, 0.25) is 5.88 Å². The Kier molecular flexibility index (Phi) is 3.96. The van der Waals surface area contributed by atoms with Crippen LogP contribution in [-0.4, -0.2) is 34.2 Å². The first kappa shape index (κ1) is 12.6. The number of methoxy groups -OCH3 is 2. The fourth-order valence-corrected chi connectivity index (χ4v) is 1.68. The maximum Gasteiger partial charge on any atom is 0.216 e. The largest absolute Gasteiger partial charge is 0.481 e. The van der Waals surface area contributed by atoms with E-state index >= 15 is 0 Å². The molecule has 2 aromatic heterocycles. The van der Waals surface area contributed by atoms with Crippen LogP contribution in [0.25, 0.3) is 11.5 Å². The molecule has 2 rings (SSSR count). The third-order valence-corrected chi connectivity index (χ3v) is 2.40. The molecule has 0 radical (unpaired) electrons. The lowest BCUT2D eigenvalue weighted by Crippen LogP contribution is -1.99. The summed E-state index contributed by atoms with van der Waals surface area (Å²) in [7, 11) is 3.16. The van der Waals surface area contributed by atoms with Crippen molar-refractivity contribution in [3.63, 3.8) is 0 Å². The summed E-state index contributed by atoms with van der Waals surface area (Å²) in [5.41, 5.74) is 1.45. The highest BCUT2D eigenvalue weighted by Crippen LogP contribution is 2.16. The molecule has 0 aromatic carbocycles. The van der Waals surface area contributed by atoms with Crippen LogP contribution in [0.5, 0.6) is 5.88 Å². The molecular weight excluding hydrogens is 252 g/mol. The molecule has 0 atom stereocenters. The Hall–Kier alpha value is -1.86. The van der Waals surface area contributed by atoms with E-state index in [0.717, 1.165) is 5.69 Å². The molecule has 94 valence electrons. The fourth-order valence-electron chi connectivity index (χ4n) is 1.44. The van der Waals surface area contributed by atoms with Crippen molar-refractivity contribution in [1.29, 1.82) is 0 Å². The monoisotopic (exact) mass is 264 g/mol. The van der Waals surface area contributed by atoms with Gasteiger partial charge in [-0.1, -0.05) is 12.2 Å². The minimum atomic E-state index is 0.432. The van der Waals surface area contributed by atoms with E-state index in [2.05, 4.69) is 19.9 Å². The first-order valence-electron chi connectivity index (χ1n) is 5.18. The second kappa shape index (κ2) is 5.65. The van der Waals surface area contributed by atoms with Crippen LogP contribution >= 0.6 is 12.2 Å². The Morgan fingerprint density at radius 2 is 2.11 bits per heavy atom. The molecule has 2 heterocycles. The van der Waals surface area contributed by atoms with E-state index in [9.17, 15) is 0 Å². The second-order valence-corrected chi connectivity index (χ2v) is 3.89. The van der Waals surface area contributed by atoms with Gasteiger partial charge in [0.25, 0.3) is 0 Å². The van der Waals surface area contributed by atoms with Gasteiger partial charge in [0.05, 0.1) is 13.7 Å². The second-order valence-electron chi connectivity index (χ2n) is 3.47. The van der Waals surface area contributed by atoms with Gasteiger partial charge < -0.3 is 14.5 Å². The van der Waals surface area contributed by atoms with Gasteiger partial charge in [0, 0.05) is 18.9 Å². The fraction of sp³-hybridized carbons (Fsp3) is 0.273. The van der Waals surface area contributed by atoms with Crippen molar-refractivity contribution in [2.24, 2.45) is 0 Å². The topological polar surface area (TPSA) is 72.9 Å². The van der Waals surface area contributed by atoms with Crippen molar-refractivity contribution in [3.8, 4) is 17.4 Å². The summed E-state index contributed by atoms with van der Waals surface area (Å²) in [6.07, 6.45) is 1.41. The van der Waals surface area contributed by atoms with Crippen molar-refractivity contribution in [2.45, 2.75) is 6.61 Å². The lowest BCUT2D eigenvalue weighted by molar-refractivity contribution is 0.181. The van der Waals surface area contributed by atoms with Crippen LogP contribution in [0.2, 0.25) is 0 Å². The van der Waals surface area contributed by atoms with Gasteiger partial charge >= 0.3 is 0 Å². The molecule has 18 heavy (non-hydrogen) atoms. The molecular formula is C11H12N4O2S. The highest BCUT2D eigenvalue weighted by atomic mass is 32.1. The van der Waals surface area contributed by atoms with Crippen LogP contribution in [-0.2, 0) is 11.3 Å². The molecule has 0 amide bonds. The number of nitrogens with zero attached hydrogens (tertiary/aromatic N) is 3. The average Bonchev–Trinajstić information content (AvgIpc) is 2.38. The first-order chi connectivity index (χ1) is 8.72. The lowest BCUT2D eigenvalue weighted by Gasteiger charge is -2.05. The molecule has 0 saturated carbocycles. The van der Waals surface area contributed by atoms with Crippen LogP contribution in [0.3, 0.4) is 0 Å². The van der Waals surface area contributed by atoms with Crippen molar-refractivity contribution in [3.05, 3.63) is 28.8 Å². The molecule has 2 aromatic rings. The van der Waals surface area contributed by atoms with Gasteiger partial charge in [-0.05, 0) is 6.07 Å². The van der Waals surface area contributed by atoms with Crippen LogP contribution in [0.4, 0.5) is 0 Å². The highest BCUT2D eigenvalue weighted by molar-refractivity contribution is 7.71. The van der Waals surface area contributed by atoms with Crippen molar-refractivity contribution in [2.75, 3.05) is 14.2 Å². The predicted octanol–water partition coefficient (Wildman–Crippen LogP) is 1.75. The Bertz CT molecular complexity index is 600. The minimum Gasteiger partial charge on any atom is -0.481 e. The lowest BCUT2D eigenvalue weighted by atomic mass is 10.3. The molecule has 0 aliphatic heterocycles. The molecule has 0 unspecified atom stereocenters. The molecule has 1 N–H and O–H groups in total. The number of H-pyrrole nitrogens is 1. The van der Waals surface area contributed by atoms with Crippen LogP contribution in [0.1, 0.15) is 5.69 Å². The van der Waals surface area contributed by atoms with Gasteiger partial charge in [-0.15, -0.1) is 0 Å². The summed E-state index contributed by atoms with van der Waals surface area (Å²) in [5, 5.41) is 0. The Morgan fingerprint density at radius 3 is 2.83 bits per heavy atom. The normalized spacial score (nSPS) is 10.3. The SMILES string of the molecule is COCc1cc(=S)nc(-c2cc(OC)ncn2)[nH]1. The molecule has 0 bridgehead atoms. The minimum absolute atomic E-state index is 0.432. The van der Waals surface area contributed by atoms with Crippen LogP contribution in [0.15, 0.2) is 18.5 Å². The quantitative estimate of drug-likeness (QED) is 0.848. The number of hydrogen-bond acceptors (Lipinski definition) is 6. The molecule has 7 heteroatoms. The summed E-state index contributed by atoms with van der Waals surface area (Å²) < 4.78 is 10.6. The summed E-state index contributed by atoms with van der Waals surface area (Å²) in [4.78, 5) is 15.4. The standard InChI is InChI=1S/C11H12N4O2S/c1-16-5-7-3-10(18)15-11(14-7)8-4-9(17-2)13-6-12-8/h3-4,6H,5H2,1-2H3,(H,14,15,18). The Morgan fingerprint density at radius 1 is 1.28 bits per heavy atom. The maximum absolute atomic E-state index is 5.10. The highest BCUT2D eigenvalue weighted by Gasteiger charge is 2.06. The average molecular weight is 264 g/mol.